The van der Waals surface area contributed by atoms with E-state index in [2.05, 4.69) is 5.32 Å². The van der Waals surface area contributed by atoms with Crippen molar-refractivity contribution >= 4 is 17.5 Å². The Kier molecular flexibility index (Phi) is 3.79. The highest BCUT2D eigenvalue weighted by Gasteiger charge is 2.56. The third-order valence-electron chi connectivity index (χ3n) is 5.88. The molecule has 4 bridgehead atoms. The Morgan fingerprint density at radius 3 is 2.52 bits per heavy atom. The molecule has 4 heteroatoms. The summed E-state index contributed by atoms with van der Waals surface area (Å²) in [6, 6.07) is 9.47. The molecular formula is C19H24ClNO2. The molecule has 4 aliphatic rings. The van der Waals surface area contributed by atoms with Crippen molar-refractivity contribution in [1.82, 2.24) is 5.32 Å². The molecule has 1 amide bonds. The minimum atomic E-state index is -0.0341. The van der Waals surface area contributed by atoms with Crippen molar-refractivity contribution in [3.8, 4) is 5.75 Å². The summed E-state index contributed by atoms with van der Waals surface area (Å²) < 4.78 is 5.52. The third-order valence-corrected chi connectivity index (χ3v) is 6.33. The number of nitrogens with one attached hydrogen (secondary N) is 1. The lowest BCUT2D eigenvalue weighted by Gasteiger charge is -2.60. The fourth-order valence-corrected chi connectivity index (χ4v) is 6.27. The molecular weight excluding hydrogens is 310 g/mol. The number of ether oxygens (including phenoxy) is 1. The largest absolute Gasteiger partial charge is 0.484 e. The number of halogens is 1. The molecule has 0 spiro atoms. The van der Waals surface area contributed by atoms with Crippen LogP contribution in [0.2, 0.25) is 0 Å². The summed E-state index contributed by atoms with van der Waals surface area (Å²) in [5, 5.41) is 3.10. The lowest BCUT2D eigenvalue weighted by molar-refractivity contribution is -0.125. The van der Waals surface area contributed by atoms with Gasteiger partial charge in [-0.2, -0.15) is 0 Å². The molecule has 1 aromatic carbocycles. The van der Waals surface area contributed by atoms with Crippen LogP contribution in [-0.4, -0.2) is 23.9 Å². The Hall–Kier alpha value is -1.22. The molecule has 3 nitrogen and oxygen atoms in total. The van der Waals surface area contributed by atoms with Gasteiger partial charge in [-0.3, -0.25) is 4.79 Å². The molecule has 1 N–H and O–H groups in total. The standard InChI is InChI=1S/C19H24ClNO2/c20-19-9-14-6-15(10-19)8-18(7-14,12-19)13-21-17(22)11-23-16-4-2-1-3-5-16/h1-5,14-15H,6-13H2,(H,21,22)/t14-,15-,18?,19?/m1/s1. The zero-order valence-corrected chi connectivity index (χ0v) is 14.1. The average Bonchev–Trinajstić information content (AvgIpc) is 2.50. The van der Waals surface area contributed by atoms with Crippen LogP contribution >= 0.6 is 11.6 Å². The summed E-state index contributed by atoms with van der Waals surface area (Å²) in [6.07, 6.45) is 7.24. The van der Waals surface area contributed by atoms with E-state index in [9.17, 15) is 4.79 Å². The van der Waals surface area contributed by atoms with Crippen LogP contribution in [0.3, 0.4) is 0 Å². The zero-order chi connectivity index (χ0) is 15.9. The molecule has 5 rings (SSSR count). The Labute approximate surface area is 142 Å². The number of para-hydroxylation sites is 1. The third kappa shape index (κ3) is 3.21. The van der Waals surface area contributed by atoms with E-state index < -0.39 is 0 Å². The molecule has 124 valence electrons. The molecule has 0 radical (unpaired) electrons. The molecule has 0 saturated heterocycles. The Morgan fingerprint density at radius 2 is 1.87 bits per heavy atom. The van der Waals surface area contributed by atoms with Crippen LogP contribution in [0.4, 0.5) is 0 Å². The van der Waals surface area contributed by atoms with Crippen molar-refractivity contribution < 1.29 is 9.53 Å². The minimum absolute atomic E-state index is 0.00928. The minimum Gasteiger partial charge on any atom is -0.484 e. The van der Waals surface area contributed by atoms with E-state index in [4.69, 9.17) is 16.3 Å². The SMILES string of the molecule is O=C(COc1ccccc1)NCC12C[C@H]3C[C@@H](CC(Cl)(C3)C1)C2. The first-order valence-corrected chi connectivity index (χ1v) is 9.06. The molecule has 4 aliphatic carbocycles. The lowest BCUT2D eigenvalue weighted by Crippen LogP contribution is -2.56. The van der Waals surface area contributed by atoms with Crippen LogP contribution in [0.5, 0.6) is 5.75 Å². The van der Waals surface area contributed by atoms with E-state index in [0.29, 0.717) is 0 Å². The van der Waals surface area contributed by atoms with Crippen LogP contribution in [0.15, 0.2) is 30.3 Å². The van der Waals surface area contributed by atoms with E-state index in [1.165, 1.54) is 32.1 Å². The maximum atomic E-state index is 12.1. The van der Waals surface area contributed by atoms with Gasteiger partial charge in [-0.15, -0.1) is 11.6 Å². The highest BCUT2D eigenvalue weighted by Crippen LogP contribution is 2.63. The van der Waals surface area contributed by atoms with Gasteiger partial charge in [0.05, 0.1) is 0 Å². The predicted octanol–water partition coefficient (Wildman–Crippen LogP) is 3.76. The van der Waals surface area contributed by atoms with Crippen molar-refractivity contribution in [2.24, 2.45) is 17.3 Å². The van der Waals surface area contributed by atoms with Crippen LogP contribution < -0.4 is 10.1 Å². The van der Waals surface area contributed by atoms with Crippen LogP contribution in [-0.2, 0) is 4.79 Å². The second-order valence-electron chi connectivity index (χ2n) is 7.99. The van der Waals surface area contributed by atoms with Gasteiger partial charge in [0.25, 0.3) is 5.91 Å². The first-order chi connectivity index (χ1) is 11.0. The van der Waals surface area contributed by atoms with Crippen molar-refractivity contribution in [3.05, 3.63) is 30.3 Å². The second-order valence-corrected chi connectivity index (χ2v) is 8.79. The summed E-state index contributed by atoms with van der Waals surface area (Å²) in [5.74, 6) is 2.24. The molecule has 2 atom stereocenters. The monoisotopic (exact) mass is 333 g/mol. The first-order valence-electron chi connectivity index (χ1n) is 8.68. The normalized spacial score (nSPS) is 37.6. The van der Waals surface area contributed by atoms with Gasteiger partial charge in [0.15, 0.2) is 6.61 Å². The molecule has 4 fully saturated rings. The second kappa shape index (κ2) is 5.70. The maximum absolute atomic E-state index is 12.1. The Morgan fingerprint density at radius 1 is 1.17 bits per heavy atom. The number of hydrogen-bond acceptors (Lipinski definition) is 2. The topological polar surface area (TPSA) is 38.3 Å². The van der Waals surface area contributed by atoms with Crippen LogP contribution in [0.1, 0.15) is 38.5 Å². The van der Waals surface area contributed by atoms with Gasteiger partial charge in [0.2, 0.25) is 0 Å². The van der Waals surface area contributed by atoms with E-state index in [0.717, 1.165) is 30.6 Å². The Balaban J connectivity index is 1.31. The number of carbonyl (C=O) groups excluding carboxylic acids is 1. The van der Waals surface area contributed by atoms with Gasteiger partial charge < -0.3 is 10.1 Å². The Bertz CT molecular complexity index is 574. The molecule has 23 heavy (non-hydrogen) atoms. The highest BCUT2D eigenvalue weighted by atomic mass is 35.5. The molecule has 0 heterocycles. The van der Waals surface area contributed by atoms with E-state index in [1.54, 1.807) is 0 Å². The van der Waals surface area contributed by atoms with Gasteiger partial charge in [-0.05, 0) is 67.9 Å². The van der Waals surface area contributed by atoms with Gasteiger partial charge in [0, 0.05) is 11.4 Å². The number of benzene rings is 1. The summed E-state index contributed by atoms with van der Waals surface area (Å²) in [4.78, 5) is 12.1. The number of alkyl halides is 1. The van der Waals surface area contributed by atoms with Gasteiger partial charge in [-0.1, -0.05) is 18.2 Å². The van der Waals surface area contributed by atoms with Gasteiger partial charge in [0.1, 0.15) is 5.75 Å². The quantitative estimate of drug-likeness (QED) is 0.833. The average molecular weight is 334 g/mol. The number of hydrogen-bond donors (Lipinski definition) is 1. The van der Waals surface area contributed by atoms with E-state index in [-0.39, 0.29) is 22.8 Å². The van der Waals surface area contributed by atoms with Crippen LogP contribution in [0, 0.1) is 17.3 Å². The van der Waals surface area contributed by atoms with Gasteiger partial charge >= 0.3 is 0 Å². The predicted molar refractivity (Wildman–Crippen MR) is 90.6 cm³/mol. The summed E-state index contributed by atoms with van der Waals surface area (Å²) in [7, 11) is 0. The summed E-state index contributed by atoms with van der Waals surface area (Å²) in [6.45, 7) is 0.838. The van der Waals surface area contributed by atoms with Crippen molar-refractivity contribution in [3.63, 3.8) is 0 Å². The zero-order valence-electron chi connectivity index (χ0n) is 13.4. The molecule has 1 aromatic rings. The number of amides is 1. The summed E-state index contributed by atoms with van der Waals surface area (Å²) >= 11 is 6.84. The van der Waals surface area contributed by atoms with Crippen LogP contribution in [0.25, 0.3) is 0 Å². The molecule has 0 aliphatic heterocycles. The maximum Gasteiger partial charge on any atom is 0.257 e. The van der Waals surface area contributed by atoms with Crippen molar-refractivity contribution in [1.29, 1.82) is 0 Å². The fraction of sp³-hybridized carbons (Fsp3) is 0.632. The smallest absolute Gasteiger partial charge is 0.257 e. The van der Waals surface area contributed by atoms with E-state index in [1.807, 2.05) is 30.3 Å². The fourth-order valence-electron chi connectivity index (χ4n) is 5.55. The number of carbonyl (C=O) groups is 1. The lowest BCUT2D eigenvalue weighted by atomic mass is 9.49. The molecule has 4 saturated carbocycles. The number of rotatable bonds is 5. The van der Waals surface area contributed by atoms with E-state index >= 15 is 0 Å². The van der Waals surface area contributed by atoms with Gasteiger partial charge in [-0.25, -0.2) is 0 Å². The first kappa shape index (κ1) is 15.3. The van der Waals surface area contributed by atoms with Crippen molar-refractivity contribution in [2.45, 2.75) is 43.4 Å². The molecule has 0 aromatic heterocycles. The summed E-state index contributed by atoms with van der Waals surface area (Å²) in [5.41, 5.74) is 0.230. The highest BCUT2D eigenvalue weighted by molar-refractivity contribution is 6.24. The molecule has 0 unspecified atom stereocenters. The van der Waals surface area contributed by atoms with Crippen molar-refractivity contribution in [2.75, 3.05) is 13.2 Å².